The molecule has 0 fully saturated rings. The molecule has 0 bridgehead atoms. The van der Waals surface area contributed by atoms with Crippen molar-refractivity contribution in [2.24, 2.45) is 5.73 Å². The van der Waals surface area contributed by atoms with Crippen LogP contribution in [0.4, 0.5) is 4.39 Å². The van der Waals surface area contributed by atoms with E-state index in [9.17, 15) is 4.39 Å². The molecular formula is C15H15BrFNO. The van der Waals surface area contributed by atoms with E-state index in [1.807, 2.05) is 25.1 Å². The lowest BCUT2D eigenvalue weighted by atomic mass is 10.1. The highest BCUT2D eigenvalue weighted by molar-refractivity contribution is 9.10. The first-order valence-corrected chi connectivity index (χ1v) is 6.82. The molecule has 0 unspecified atom stereocenters. The number of halogens is 2. The molecule has 0 amide bonds. The van der Waals surface area contributed by atoms with Crippen LogP contribution in [-0.4, -0.2) is 6.54 Å². The van der Waals surface area contributed by atoms with E-state index in [0.717, 1.165) is 10.0 Å². The summed E-state index contributed by atoms with van der Waals surface area (Å²) < 4.78 is 20.5. The number of aryl methyl sites for hydroxylation is 1. The monoisotopic (exact) mass is 323 g/mol. The fourth-order valence-electron chi connectivity index (χ4n) is 1.83. The molecule has 0 heterocycles. The van der Waals surface area contributed by atoms with E-state index >= 15 is 0 Å². The summed E-state index contributed by atoms with van der Waals surface area (Å²) in [4.78, 5) is 0. The average molecular weight is 324 g/mol. The lowest BCUT2D eigenvalue weighted by Crippen LogP contribution is -2.06. The van der Waals surface area contributed by atoms with Gasteiger partial charge in [-0.25, -0.2) is 4.39 Å². The fourth-order valence-corrected chi connectivity index (χ4v) is 2.08. The van der Waals surface area contributed by atoms with Crippen LogP contribution in [0.5, 0.6) is 11.5 Å². The Morgan fingerprint density at radius 2 is 2.05 bits per heavy atom. The smallest absolute Gasteiger partial charge is 0.133 e. The molecule has 100 valence electrons. The molecule has 0 saturated carbocycles. The first-order valence-electron chi connectivity index (χ1n) is 6.03. The second-order valence-electron chi connectivity index (χ2n) is 4.27. The Balaban J connectivity index is 2.32. The Labute approximate surface area is 120 Å². The molecule has 2 nitrogen and oxygen atoms in total. The van der Waals surface area contributed by atoms with Gasteiger partial charge in [0.05, 0.1) is 0 Å². The van der Waals surface area contributed by atoms with Gasteiger partial charge in [0.25, 0.3) is 0 Å². The Hall–Kier alpha value is -1.39. The molecule has 2 aromatic rings. The van der Waals surface area contributed by atoms with Crippen molar-refractivity contribution < 1.29 is 9.13 Å². The van der Waals surface area contributed by atoms with Crippen molar-refractivity contribution in [2.45, 2.75) is 13.3 Å². The number of ether oxygens (including phenoxy) is 1. The van der Waals surface area contributed by atoms with Crippen molar-refractivity contribution in [2.75, 3.05) is 6.54 Å². The minimum Gasteiger partial charge on any atom is -0.457 e. The van der Waals surface area contributed by atoms with Crippen LogP contribution in [0, 0.1) is 12.7 Å². The molecule has 0 aromatic heterocycles. The molecule has 2 N–H and O–H groups in total. The van der Waals surface area contributed by atoms with E-state index < -0.39 is 0 Å². The highest BCUT2D eigenvalue weighted by Gasteiger charge is 2.10. The summed E-state index contributed by atoms with van der Waals surface area (Å²) in [6.07, 6.45) is 0.456. The molecule has 2 rings (SSSR count). The van der Waals surface area contributed by atoms with E-state index in [0.29, 0.717) is 30.0 Å². The van der Waals surface area contributed by atoms with Gasteiger partial charge in [-0.3, -0.25) is 0 Å². The van der Waals surface area contributed by atoms with Crippen LogP contribution in [0.2, 0.25) is 0 Å². The maximum atomic E-state index is 13.7. The third-order valence-corrected chi connectivity index (χ3v) is 3.72. The first kappa shape index (κ1) is 14.0. The van der Waals surface area contributed by atoms with Gasteiger partial charge in [0.15, 0.2) is 0 Å². The van der Waals surface area contributed by atoms with Gasteiger partial charge < -0.3 is 10.5 Å². The van der Waals surface area contributed by atoms with Crippen molar-refractivity contribution in [3.05, 3.63) is 57.8 Å². The summed E-state index contributed by atoms with van der Waals surface area (Å²) in [5, 5.41) is 0. The van der Waals surface area contributed by atoms with E-state index in [4.69, 9.17) is 10.5 Å². The zero-order valence-electron chi connectivity index (χ0n) is 10.6. The van der Waals surface area contributed by atoms with Crippen LogP contribution < -0.4 is 10.5 Å². The molecule has 2 aromatic carbocycles. The fraction of sp³-hybridized carbons (Fsp3) is 0.200. The molecule has 0 spiro atoms. The zero-order valence-corrected chi connectivity index (χ0v) is 12.2. The molecule has 4 heteroatoms. The Kier molecular flexibility index (Phi) is 4.56. The summed E-state index contributed by atoms with van der Waals surface area (Å²) in [6.45, 7) is 2.36. The van der Waals surface area contributed by atoms with Gasteiger partial charge >= 0.3 is 0 Å². The van der Waals surface area contributed by atoms with Gasteiger partial charge in [-0.15, -0.1) is 0 Å². The molecule has 0 radical (unpaired) electrons. The highest BCUT2D eigenvalue weighted by atomic mass is 79.9. The van der Waals surface area contributed by atoms with Crippen LogP contribution in [0.1, 0.15) is 11.1 Å². The summed E-state index contributed by atoms with van der Waals surface area (Å²) in [6, 6.07) is 10.5. The van der Waals surface area contributed by atoms with Crippen LogP contribution >= 0.6 is 15.9 Å². The third kappa shape index (κ3) is 3.33. The molecule has 0 aliphatic carbocycles. The maximum absolute atomic E-state index is 13.7. The van der Waals surface area contributed by atoms with E-state index in [-0.39, 0.29) is 5.82 Å². The van der Waals surface area contributed by atoms with Crippen molar-refractivity contribution in [3.8, 4) is 11.5 Å². The van der Waals surface area contributed by atoms with E-state index in [1.54, 1.807) is 12.1 Å². The van der Waals surface area contributed by atoms with Gasteiger partial charge in [0, 0.05) is 10.0 Å². The number of hydrogen-bond acceptors (Lipinski definition) is 2. The van der Waals surface area contributed by atoms with Gasteiger partial charge in [0.2, 0.25) is 0 Å². The van der Waals surface area contributed by atoms with Crippen LogP contribution in [-0.2, 0) is 6.42 Å². The number of hydrogen-bond donors (Lipinski definition) is 1. The maximum Gasteiger partial charge on any atom is 0.133 e. The second-order valence-corrected chi connectivity index (χ2v) is 5.12. The standard InChI is InChI=1S/C15H15BrFNO/c1-10-9-11(5-6-13(10)16)19-15-4-2-3-14(17)12(15)7-8-18/h2-6,9H,7-8,18H2,1H3. The quantitative estimate of drug-likeness (QED) is 0.915. The molecule has 0 saturated heterocycles. The second kappa shape index (κ2) is 6.17. The average Bonchev–Trinajstić information content (AvgIpc) is 2.38. The summed E-state index contributed by atoms with van der Waals surface area (Å²) in [5.74, 6) is 0.925. The zero-order chi connectivity index (χ0) is 13.8. The van der Waals surface area contributed by atoms with E-state index in [2.05, 4.69) is 15.9 Å². The largest absolute Gasteiger partial charge is 0.457 e. The Morgan fingerprint density at radius 1 is 1.26 bits per heavy atom. The highest BCUT2D eigenvalue weighted by Crippen LogP contribution is 2.29. The lowest BCUT2D eigenvalue weighted by molar-refractivity contribution is 0.466. The number of nitrogens with two attached hydrogens (primary N) is 1. The van der Waals surface area contributed by atoms with Crippen molar-refractivity contribution in [1.82, 2.24) is 0 Å². The third-order valence-electron chi connectivity index (χ3n) is 2.83. The van der Waals surface area contributed by atoms with Crippen LogP contribution in [0.25, 0.3) is 0 Å². The summed E-state index contributed by atoms with van der Waals surface area (Å²) in [7, 11) is 0. The van der Waals surface area contributed by atoms with Crippen LogP contribution in [0.15, 0.2) is 40.9 Å². The Bertz CT molecular complexity index is 586. The minimum absolute atomic E-state index is 0.281. The summed E-state index contributed by atoms with van der Waals surface area (Å²) in [5.41, 5.74) is 7.09. The van der Waals surface area contributed by atoms with Crippen molar-refractivity contribution in [3.63, 3.8) is 0 Å². The molecule has 0 aliphatic rings. The molecular weight excluding hydrogens is 309 g/mol. The molecule has 19 heavy (non-hydrogen) atoms. The SMILES string of the molecule is Cc1cc(Oc2cccc(F)c2CCN)ccc1Br. The normalized spacial score (nSPS) is 10.5. The van der Waals surface area contributed by atoms with Crippen LogP contribution in [0.3, 0.4) is 0 Å². The Morgan fingerprint density at radius 3 is 2.74 bits per heavy atom. The van der Waals surface area contributed by atoms with Gasteiger partial charge in [-0.05, 0) is 55.8 Å². The predicted molar refractivity (Wildman–Crippen MR) is 78.1 cm³/mol. The first-order chi connectivity index (χ1) is 9.11. The molecule has 0 aliphatic heterocycles. The number of rotatable bonds is 4. The van der Waals surface area contributed by atoms with Gasteiger partial charge in [-0.2, -0.15) is 0 Å². The molecule has 0 atom stereocenters. The number of benzene rings is 2. The van der Waals surface area contributed by atoms with Crippen molar-refractivity contribution >= 4 is 15.9 Å². The lowest BCUT2D eigenvalue weighted by Gasteiger charge is -2.12. The predicted octanol–water partition coefficient (Wildman–Crippen LogP) is 4.19. The summed E-state index contributed by atoms with van der Waals surface area (Å²) >= 11 is 3.43. The minimum atomic E-state index is -0.281. The van der Waals surface area contributed by atoms with Gasteiger partial charge in [0.1, 0.15) is 17.3 Å². The van der Waals surface area contributed by atoms with E-state index in [1.165, 1.54) is 6.07 Å². The van der Waals surface area contributed by atoms with Gasteiger partial charge in [-0.1, -0.05) is 22.0 Å². The topological polar surface area (TPSA) is 35.2 Å². The van der Waals surface area contributed by atoms with Crippen molar-refractivity contribution in [1.29, 1.82) is 0 Å².